The van der Waals surface area contributed by atoms with Gasteiger partial charge in [0.15, 0.2) is 0 Å². The molecule has 0 spiro atoms. The topological polar surface area (TPSA) is 34.4 Å². The highest BCUT2D eigenvalue weighted by Crippen LogP contribution is 2.29. The van der Waals surface area contributed by atoms with Gasteiger partial charge in [0.05, 0.1) is 12.9 Å². The molecular weight excluding hydrogens is 250 g/mol. The smallest absolute Gasteiger partial charge is 0.122 e. The van der Waals surface area contributed by atoms with Crippen LogP contribution in [0.4, 0.5) is 0 Å². The molecule has 1 aromatic heterocycles. The van der Waals surface area contributed by atoms with E-state index < -0.39 is 0 Å². The first-order valence-corrected chi connectivity index (χ1v) is 7.38. The predicted molar refractivity (Wildman–Crippen MR) is 79.1 cm³/mol. The van der Waals surface area contributed by atoms with Gasteiger partial charge in [0.25, 0.3) is 0 Å². The van der Waals surface area contributed by atoms with Crippen molar-refractivity contribution in [3.05, 3.63) is 53.5 Å². The minimum Gasteiger partial charge on any atom is -0.493 e. The minimum atomic E-state index is 0.298. The molecule has 0 saturated heterocycles. The molecule has 0 saturated carbocycles. The van der Waals surface area contributed by atoms with Crippen molar-refractivity contribution < 1.29 is 9.15 Å². The van der Waals surface area contributed by atoms with Crippen LogP contribution in [0, 0.1) is 0 Å². The van der Waals surface area contributed by atoms with Crippen molar-refractivity contribution in [3.63, 3.8) is 0 Å². The Kier molecular flexibility index (Phi) is 4.07. The average molecular weight is 271 g/mol. The molecule has 0 aliphatic carbocycles. The van der Waals surface area contributed by atoms with E-state index in [0.29, 0.717) is 6.04 Å². The molecule has 0 amide bonds. The van der Waals surface area contributed by atoms with E-state index in [1.165, 1.54) is 11.1 Å². The summed E-state index contributed by atoms with van der Waals surface area (Å²) in [5.41, 5.74) is 2.64. The maximum atomic E-state index is 5.58. The van der Waals surface area contributed by atoms with E-state index in [9.17, 15) is 0 Å². The zero-order chi connectivity index (χ0) is 13.8. The lowest BCUT2D eigenvalue weighted by molar-refractivity contribution is 0.356. The monoisotopic (exact) mass is 271 g/mol. The van der Waals surface area contributed by atoms with Gasteiger partial charge in [-0.1, -0.05) is 19.1 Å². The number of hydrogen-bond acceptors (Lipinski definition) is 3. The third-order valence-electron chi connectivity index (χ3n) is 3.74. The van der Waals surface area contributed by atoms with Crippen molar-refractivity contribution in [2.45, 2.75) is 32.2 Å². The van der Waals surface area contributed by atoms with Gasteiger partial charge in [-0.15, -0.1) is 0 Å². The predicted octanol–water partition coefficient (Wildman–Crippen LogP) is 3.50. The molecule has 2 aromatic rings. The molecule has 106 valence electrons. The van der Waals surface area contributed by atoms with Gasteiger partial charge in [-0.2, -0.15) is 0 Å². The van der Waals surface area contributed by atoms with Gasteiger partial charge < -0.3 is 14.5 Å². The molecule has 3 nitrogen and oxygen atoms in total. The zero-order valence-electron chi connectivity index (χ0n) is 11.9. The molecule has 1 aliphatic heterocycles. The lowest BCUT2D eigenvalue weighted by Gasteiger charge is -2.18. The van der Waals surface area contributed by atoms with Crippen molar-refractivity contribution in [1.82, 2.24) is 5.32 Å². The number of benzene rings is 1. The van der Waals surface area contributed by atoms with Gasteiger partial charge in [-0.05, 0) is 42.3 Å². The normalized spacial score (nSPS) is 14.8. The Morgan fingerprint density at radius 3 is 3.05 bits per heavy atom. The Hall–Kier alpha value is -1.74. The van der Waals surface area contributed by atoms with E-state index >= 15 is 0 Å². The fourth-order valence-electron chi connectivity index (χ4n) is 2.68. The number of ether oxygens (including phenoxy) is 1. The maximum Gasteiger partial charge on any atom is 0.122 e. The number of rotatable bonds is 6. The van der Waals surface area contributed by atoms with Crippen LogP contribution in [0.25, 0.3) is 0 Å². The van der Waals surface area contributed by atoms with Crippen LogP contribution in [0.3, 0.4) is 0 Å². The van der Waals surface area contributed by atoms with Crippen LogP contribution in [-0.4, -0.2) is 13.2 Å². The molecule has 0 bridgehead atoms. The molecule has 1 atom stereocenters. The van der Waals surface area contributed by atoms with Crippen LogP contribution in [0.5, 0.6) is 5.75 Å². The summed E-state index contributed by atoms with van der Waals surface area (Å²) >= 11 is 0. The second-order valence-corrected chi connectivity index (χ2v) is 5.26. The quantitative estimate of drug-likeness (QED) is 0.873. The fraction of sp³-hybridized carbons (Fsp3) is 0.412. The molecular formula is C17H21NO2. The van der Waals surface area contributed by atoms with Crippen LogP contribution >= 0.6 is 0 Å². The summed E-state index contributed by atoms with van der Waals surface area (Å²) in [6.45, 7) is 4.01. The first-order chi connectivity index (χ1) is 9.86. The molecule has 20 heavy (non-hydrogen) atoms. The molecule has 2 heterocycles. The largest absolute Gasteiger partial charge is 0.493 e. The summed E-state index contributed by atoms with van der Waals surface area (Å²) in [6.07, 6.45) is 4.77. The lowest BCUT2D eigenvalue weighted by Crippen LogP contribution is -2.24. The van der Waals surface area contributed by atoms with Crippen LogP contribution in [-0.2, 0) is 12.8 Å². The van der Waals surface area contributed by atoms with Gasteiger partial charge in [0, 0.05) is 18.9 Å². The van der Waals surface area contributed by atoms with Crippen LogP contribution < -0.4 is 10.1 Å². The van der Waals surface area contributed by atoms with E-state index in [2.05, 4.69) is 30.4 Å². The van der Waals surface area contributed by atoms with Crippen LogP contribution in [0.1, 0.15) is 36.3 Å². The summed E-state index contributed by atoms with van der Waals surface area (Å²) in [5, 5.41) is 3.61. The SMILES string of the molecule is CCCNC(Cc1ccco1)c1ccc2c(c1)CCO2. The Labute approximate surface area is 119 Å². The zero-order valence-corrected chi connectivity index (χ0v) is 11.9. The molecule has 1 unspecified atom stereocenters. The van der Waals surface area contributed by atoms with Crippen LogP contribution in [0.2, 0.25) is 0 Å². The number of fused-ring (bicyclic) bond motifs is 1. The van der Waals surface area contributed by atoms with Crippen molar-refractivity contribution in [3.8, 4) is 5.75 Å². The summed E-state index contributed by atoms with van der Waals surface area (Å²) in [4.78, 5) is 0. The van der Waals surface area contributed by atoms with Crippen LogP contribution in [0.15, 0.2) is 41.0 Å². The molecule has 1 aliphatic rings. The third-order valence-corrected chi connectivity index (χ3v) is 3.74. The summed E-state index contributed by atoms with van der Waals surface area (Å²) in [6, 6.07) is 10.8. The van der Waals surface area contributed by atoms with Gasteiger partial charge >= 0.3 is 0 Å². The van der Waals surface area contributed by atoms with Gasteiger partial charge in [0.1, 0.15) is 11.5 Å². The maximum absolute atomic E-state index is 5.58. The number of furan rings is 1. The highest BCUT2D eigenvalue weighted by atomic mass is 16.5. The Morgan fingerprint density at radius 1 is 1.30 bits per heavy atom. The summed E-state index contributed by atoms with van der Waals surface area (Å²) < 4.78 is 11.1. The highest BCUT2D eigenvalue weighted by molar-refractivity contribution is 5.41. The average Bonchev–Trinajstić information content (AvgIpc) is 3.13. The lowest BCUT2D eigenvalue weighted by atomic mass is 9.99. The Bertz CT molecular complexity index is 548. The standard InChI is InChI=1S/C17H21NO2/c1-2-8-18-16(12-15-4-3-9-19-15)13-5-6-17-14(11-13)7-10-20-17/h3-6,9,11,16,18H,2,7-8,10,12H2,1H3. The van der Waals surface area contributed by atoms with Crippen molar-refractivity contribution in [2.24, 2.45) is 0 Å². The molecule has 0 radical (unpaired) electrons. The first kappa shape index (κ1) is 13.3. The van der Waals surface area contributed by atoms with Crippen molar-refractivity contribution in [2.75, 3.05) is 13.2 Å². The Morgan fingerprint density at radius 2 is 2.25 bits per heavy atom. The molecule has 1 N–H and O–H groups in total. The molecule has 3 heteroatoms. The van der Waals surface area contributed by atoms with E-state index in [1.54, 1.807) is 6.26 Å². The van der Waals surface area contributed by atoms with Gasteiger partial charge in [0.2, 0.25) is 0 Å². The van der Waals surface area contributed by atoms with E-state index in [1.807, 2.05) is 12.1 Å². The minimum absolute atomic E-state index is 0.298. The van der Waals surface area contributed by atoms with Crippen molar-refractivity contribution >= 4 is 0 Å². The number of hydrogen-bond donors (Lipinski definition) is 1. The molecule has 0 fully saturated rings. The first-order valence-electron chi connectivity index (χ1n) is 7.38. The molecule has 1 aromatic carbocycles. The van der Waals surface area contributed by atoms with Crippen molar-refractivity contribution in [1.29, 1.82) is 0 Å². The summed E-state index contributed by atoms with van der Waals surface area (Å²) in [7, 11) is 0. The van der Waals surface area contributed by atoms with E-state index in [0.717, 1.165) is 43.9 Å². The second-order valence-electron chi connectivity index (χ2n) is 5.26. The summed E-state index contributed by atoms with van der Waals surface area (Å²) in [5.74, 6) is 2.07. The molecule has 3 rings (SSSR count). The highest BCUT2D eigenvalue weighted by Gasteiger charge is 2.17. The number of nitrogens with one attached hydrogen (secondary N) is 1. The Balaban J connectivity index is 1.80. The van der Waals surface area contributed by atoms with E-state index in [-0.39, 0.29) is 0 Å². The van der Waals surface area contributed by atoms with Gasteiger partial charge in [-0.3, -0.25) is 0 Å². The van der Waals surface area contributed by atoms with Gasteiger partial charge in [-0.25, -0.2) is 0 Å². The van der Waals surface area contributed by atoms with E-state index in [4.69, 9.17) is 9.15 Å². The fourth-order valence-corrected chi connectivity index (χ4v) is 2.68. The second kappa shape index (κ2) is 6.14. The third kappa shape index (κ3) is 2.88.